The highest BCUT2D eigenvalue weighted by Crippen LogP contribution is 2.33. The molecule has 0 amide bonds. The van der Waals surface area contributed by atoms with Crippen molar-refractivity contribution in [1.29, 1.82) is 0 Å². The maximum atomic E-state index is 5.69. The van der Waals surface area contributed by atoms with E-state index >= 15 is 0 Å². The van der Waals surface area contributed by atoms with Crippen LogP contribution in [0.3, 0.4) is 0 Å². The Morgan fingerprint density at radius 3 is 1.84 bits per heavy atom. The molecule has 0 spiro atoms. The lowest BCUT2D eigenvalue weighted by Gasteiger charge is -2.32. The highest BCUT2D eigenvalue weighted by molar-refractivity contribution is 5.35. The van der Waals surface area contributed by atoms with E-state index < -0.39 is 5.79 Å². The zero-order chi connectivity index (χ0) is 13.7. The third-order valence-electron chi connectivity index (χ3n) is 3.35. The van der Waals surface area contributed by atoms with Gasteiger partial charge in [-0.15, -0.1) is 0 Å². The first kappa shape index (κ1) is 13.8. The van der Waals surface area contributed by atoms with Crippen LogP contribution in [0, 0.1) is 6.92 Å². The number of methoxy groups -OCH3 is 2. The van der Waals surface area contributed by atoms with Crippen molar-refractivity contribution < 1.29 is 9.47 Å². The van der Waals surface area contributed by atoms with Crippen molar-refractivity contribution in [1.82, 2.24) is 0 Å². The first-order chi connectivity index (χ1) is 9.26. The summed E-state index contributed by atoms with van der Waals surface area (Å²) in [6.07, 6.45) is 0.776. The van der Waals surface area contributed by atoms with Gasteiger partial charge in [0.15, 0.2) is 0 Å². The van der Waals surface area contributed by atoms with E-state index in [9.17, 15) is 0 Å². The van der Waals surface area contributed by atoms with Gasteiger partial charge in [0, 0.05) is 25.3 Å². The molecule has 1 radical (unpaired) electrons. The number of hydrogen-bond acceptors (Lipinski definition) is 2. The minimum absolute atomic E-state index is 0.776. The van der Waals surface area contributed by atoms with E-state index in [1.54, 1.807) is 14.2 Å². The minimum atomic E-state index is -0.860. The van der Waals surface area contributed by atoms with Crippen LogP contribution in [-0.2, 0) is 21.7 Å². The SMILES string of the molecule is [CH2]Cc1ccc(C(OC)(OC)c2ccccc2)cc1. The van der Waals surface area contributed by atoms with E-state index in [4.69, 9.17) is 9.47 Å². The van der Waals surface area contributed by atoms with Gasteiger partial charge in [0.25, 0.3) is 0 Å². The maximum absolute atomic E-state index is 5.69. The molecule has 99 valence electrons. The summed E-state index contributed by atoms with van der Waals surface area (Å²) < 4.78 is 11.4. The van der Waals surface area contributed by atoms with Crippen LogP contribution in [0.4, 0.5) is 0 Å². The molecule has 0 heterocycles. The third-order valence-corrected chi connectivity index (χ3v) is 3.35. The summed E-state index contributed by atoms with van der Waals surface area (Å²) in [5, 5.41) is 0. The molecular formula is C17H19O2. The van der Waals surface area contributed by atoms with E-state index in [0.717, 1.165) is 17.5 Å². The average Bonchev–Trinajstić information content (AvgIpc) is 2.51. The van der Waals surface area contributed by atoms with Gasteiger partial charge < -0.3 is 9.47 Å². The van der Waals surface area contributed by atoms with Gasteiger partial charge in [0.1, 0.15) is 0 Å². The topological polar surface area (TPSA) is 18.5 Å². The largest absolute Gasteiger partial charge is 0.346 e. The molecule has 2 rings (SSSR count). The summed E-state index contributed by atoms with van der Waals surface area (Å²) in [6, 6.07) is 18.1. The van der Waals surface area contributed by atoms with Crippen LogP contribution in [0.15, 0.2) is 54.6 Å². The molecule has 2 nitrogen and oxygen atoms in total. The third kappa shape index (κ3) is 2.55. The van der Waals surface area contributed by atoms with Crippen LogP contribution in [0.2, 0.25) is 0 Å². The van der Waals surface area contributed by atoms with Crippen LogP contribution in [-0.4, -0.2) is 14.2 Å². The van der Waals surface area contributed by atoms with Gasteiger partial charge in [-0.3, -0.25) is 0 Å². The Morgan fingerprint density at radius 1 is 0.842 bits per heavy atom. The summed E-state index contributed by atoms with van der Waals surface area (Å²) in [5.74, 6) is -0.860. The zero-order valence-electron chi connectivity index (χ0n) is 11.4. The Bertz CT molecular complexity index is 499. The highest BCUT2D eigenvalue weighted by Gasteiger charge is 2.34. The second-order valence-electron chi connectivity index (χ2n) is 4.34. The number of hydrogen-bond donors (Lipinski definition) is 0. The lowest BCUT2D eigenvalue weighted by atomic mass is 9.96. The summed E-state index contributed by atoms with van der Waals surface area (Å²) in [6.45, 7) is 3.88. The van der Waals surface area contributed by atoms with E-state index in [0.29, 0.717) is 0 Å². The molecule has 0 saturated carbocycles. The Balaban J connectivity index is 2.49. The molecule has 0 saturated heterocycles. The van der Waals surface area contributed by atoms with Gasteiger partial charge in [-0.25, -0.2) is 0 Å². The van der Waals surface area contributed by atoms with Crippen LogP contribution in [0.1, 0.15) is 16.7 Å². The van der Waals surface area contributed by atoms with Crippen molar-refractivity contribution in [2.24, 2.45) is 0 Å². The molecule has 2 aromatic carbocycles. The van der Waals surface area contributed by atoms with Gasteiger partial charge in [0.2, 0.25) is 5.79 Å². The molecule has 0 fully saturated rings. The van der Waals surface area contributed by atoms with Crippen molar-refractivity contribution in [2.75, 3.05) is 14.2 Å². The Morgan fingerprint density at radius 2 is 1.37 bits per heavy atom. The Kier molecular flexibility index (Phi) is 4.35. The molecule has 0 aliphatic heterocycles. The van der Waals surface area contributed by atoms with Crippen molar-refractivity contribution >= 4 is 0 Å². The number of rotatable bonds is 5. The second-order valence-corrected chi connectivity index (χ2v) is 4.34. The molecule has 0 unspecified atom stereocenters. The molecule has 0 bridgehead atoms. The van der Waals surface area contributed by atoms with Crippen molar-refractivity contribution in [2.45, 2.75) is 12.2 Å². The van der Waals surface area contributed by atoms with E-state index in [-0.39, 0.29) is 0 Å². The fourth-order valence-corrected chi connectivity index (χ4v) is 2.27. The highest BCUT2D eigenvalue weighted by atomic mass is 16.7. The van der Waals surface area contributed by atoms with E-state index in [1.807, 2.05) is 42.5 Å². The molecule has 2 aromatic rings. The summed E-state index contributed by atoms with van der Waals surface area (Å²) in [5.41, 5.74) is 3.14. The Hall–Kier alpha value is -1.64. The maximum Gasteiger partial charge on any atom is 0.221 e. The monoisotopic (exact) mass is 255 g/mol. The van der Waals surface area contributed by atoms with Crippen LogP contribution < -0.4 is 0 Å². The van der Waals surface area contributed by atoms with Gasteiger partial charge in [-0.1, -0.05) is 54.6 Å². The normalized spacial score (nSPS) is 11.5. The van der Waals surface area contributed by atoms with Crippen molar-refractivity contribution in [3.63, 3.8) is 0 Å². The van der Waals surface area contributed by atoms with E-state index in [1.165, 1.54) is 5.56 Å². The average molecular weight is 255 g/mol. The van der Waals surface area contributed by atoms with E-state index in [2.05, 4.69) is 19.1 Å². The zero-order valence-corrected chi connectivity index (χ0v) is 11.4. The van der Waals surface area contributed by atoms with Crippen LogP contribution in [0.5, 0.6) is 0 Å². The summed E-state index contributed by atoms with van der Waals surface area (Å²) >= 11 is 0. The van der Waals surface area contributed by atoms with Gasteiger partial charge in [-0.2, -0.15) is 0 Å². The van der Waals surface area contributed by atoms with Gasteiger partial charge in [-0.05, 0) is 18.9 Å². The van der Waals surface area contributed by atoms with Gasteiger partial charge in [0.05, 0.1) is 0 Å². The lowest BCUT2D eigenvalue weighted by Crippen LogP contribution is -2.32. The lowest BCUT2D eigenvalue weighted by molar-refractivity contribution is -0.183. The molecule has 0 aliphatic carbocycles. The molecule has 0 N–H and O–H groups in total. The smallest absolute Gasteiger partial charge is 0.221 e. The molecule has 0 atom stereocenters. The molecule has 0 aromatic heterocycles. The Labute approximate surface area is 115 Å². The van der Waals surface area contributed by atoms with Crippen molar-refractivity contribution in [3.05, 3.63) is 78.2 Å². The fraction of sp³-hybridized carbons (Fsp3) is 0.235. The first-order valence-corrected chi connectivity index (χ1v) is 6.31. The molecule has 19 heavy (non-hydrogen) atoms. The predicted octanol–water partition coefficient (Wildman–Crippen LogP) is 3.56. The standard InChI is InChI=1S/C17H19O2/c1-4-14-10-12-16(13-11-14)17(18-2,19-3)15-8-6-5-7-9-15/h5-13H,1,4H2,2-3H3. The molecule has 2 heteroatoms. The van der Waals surface area contributed by atoms with Gasteiger partial charge >= 0.3 is 0 Å². The second kappa shape index (κ2) is 6.00. The molecular weight excluding hydrogens is 236 g/mol. The number of benzene rings is 2. The predicted molar refractivity (Wildman–Crippen MR) is 76.7 cm³/mol. The minimum Gasteiger partial charge on any atom is -0.346 e. The number of ether oxygens (including phenoxy) is 2. The fourth-order valence-electron chi connectivity index (χ4n) is 2.27. The summed E-state index contributed by atoms with van der Waals surface area (Å²) in [4.78, 5) is 0. The first-order valence-electron chi connectivity index (χ1n) is 6.31. The van der Waals surface area contributed by atoms with Crippen molar-refractivity contribution in [3.8, 4) is 0 Å². The quantitative estimate of drug-likeness (QED) is 0.761. The summed E-state index contributed by atoms with van der Waals surface area (Å²) in [7, 11) is 3.32. The molecule has 0 aliphatic rings. The van der Waals surface area contributed by atoms with Crippen LogP contribution in [0.25, 0.3) is 0 Å². The van der Waals surface area contributed by atoms with Crippen LogP contribution >= 0.6 is 0 Å².